The number of nitrogens with zero attached hydrogens (tertiary/aromatic N) is 1. The van der Waals surface area contributed by atoms with E-state index in [1.54, 1.807) is 13.8 Å². The van der Waals surface area contributed by atoms with Crippen molar-refractivity contribution in [3.05, 3.63) is 58.1 Å². The average Bonchev–Trinajstić information content (AvgIpc) is 2.60. The van der Waals surface area contributed by atoms with E-state index < -0.39 is 16.4 Å². The molecule has 0 radical (unpaired) electrons. The molecule has 150 valence electrons. The van der Waals surface area contributed by atoms with Gasteiger partial charge in [-0.15, -0.1) is 0 Å². The molecule has 0 heterocycles. The predicted molar refractivity (Wildman–Crippen MR) is 108 cm³/mol. The number of carbonyl (C=O) groups is 1. The Bertz CT molecular complexity index is 867. The van der Waals surface area contributed by atoms with Crippen LogP contribution in [-0.2, 0) is 10.2 Å². The van der Waals surface area contributed by atoms with Crippen molar-refractivity contribution in [1.82, 2.24) is 0 Å². The molecule has 2 rings (SSSR count). The van der Waals surface area contributed by atoms with Crippen LogP contribution < -0.4 is 14.8 Å². The zero-order chi connectivity index (χ0) is 21.1. The monoisotopic (exact) mass is 386 g/mol. The Morgan fingerprint density at radius 1 is 1.04 bits per heavy atom. The fourth-order valence-electron chi connectivity index (χ4n) is 2.56. The molecule has 1 amide bonds. The van der Waals surface area contributed by atoms with Crippen molar-refractivity contribution in [2.45, 2.75) is 45.6 Å². The minimum absolute atomic E-state index is 0.0223. The number of methoxy groups -OCH3 is 1. The second-order valence-electron chi connectivity index (χ2n) is 7.98. The van der Waals surface area contributed by atoms with E-state index in [1.165, 1.54) is 25.3 Å². The van der Waals surface area contributed by atoms with E-state index in [1.807, 2.05) is 24.3 Å². The quantitative estimate of drug-likeness (QED) is 0.574. The van der Waals surface area contributed by atoms with E-state index in [2.05, 4.69) is 26.1 Å². The number of carbonyl (C=O) groups excluding carboxylic acids is 1. The molecule has 0 aliphatic rings. The molecule has 0 fully saturated rings. The molecule has 28 heavy (non-hydrogen) atoms. The lowest BCUT2D eigenvalue weighted by molar-refractivity contribution is -0.385. The van der Waals surface area contributed by atoms with Crippen molar-refractivity contribution in [2.75, 3.05) is 12.4 Å². The van der Waals surface area contributed by atoms with Gasteiger partial charge in [-0.25, -0.2) is 0 Å². The maximum atomic E-state index is 12.7. The summed E-state index contributed by atoms with van der Waals surface area (Å²) in [6.07, 6.45) is 0. The van der Waals surface area contributed by atoms with Crippen LogP contribution in [0.4, 0.5) is 11.4 Å². The SMILES string of the molecule is COc1ccc(NC(=O)C(C)(C)Oc2ccc(C(C)(C)C)cc2)cc1[N+](=O)[O-]. The van der Waals surface area contributed by atoms with Crippen LogP contribution in [0.3, 0.4) is 0 Å². The number of amides is 1. The van der Waals surface area contributed by atoms with Crippen LogP contribution in [0.2, 0.25) is 0 Å². The summed E-state index contributed by atoms with van der Waals surface area (Å²) in [4.78, 5) is 23.2. The summed E-state index contributed by atoms with van der Waals surface area (Å²) in [6, 6.07) is 11.8. The van der Waals surface area contributed by atoms with Crippen LogP contribution in [0.1, 0.15) is 40.2 Å². The zero-order valence-electron chi connectivity index (χ0n) is 17.0. The zero-order valence-corrected chi connectivity index (χ0v) is 17.0. The lowest BCUT2D eigenvalue weighted by Gasteiger charge is -2.26. The second kappa shape index (κ2) is 7.88. The molecule has 2 aromatic rings. The Kier molecular flexibility index (Phi) is 5.97. The Morgan fingerprint density at radius 3 is 2.14 bits per heavy atom. The number of ether oxygens (including phenoxy) is 2. The first-order valence-corrected chi connectivity index (χ1v) is 8.87. The van der Waals surface area contributed by atoms with Gasteiger partial charge in [-0.2, -0.15) is 0 Å². The van der Waals surface area contributed by atoms with Crippen molar-refractivity contribution in [2.24, 2.45) is 0 Å². The minimum atomic E-state index is -1.18. The smallest absolute Gasteiger partial charge is 0.312 e. The number of rotatable bonds is 6. The summed E-state index contributed by atoms with van der Waals surface area (Å²) in [5.74, 6) is 0.262. The van der Waals surface area contributed by atoms with Crippen LogP contribution in [0.25, 0.3) is 0 Å². The van der Waals surface area contributed by atoms with Crippen molar-refractivity contribution in [3.8, 4) is 11.5 Å². The average molecular weight is 386 g/mol. The molecule has 1 N–H and O–H groups in total. The highest BCUT2D eigenvalue weighted by Crippen LogP contribution is 2.30. The fourth-order valence-corrected chi connectivity index (χ4v) is 2.56. The molecular weight excluding hydrogens is 360 g/mol. The summed E-state index contributed by atoms with van der Waals surface area (Å²) < 4.78 is 10.8. The summed E-state index contributed by atoms with van der Waals surface area (Å²) in [7, 11) is 1.35. The van der Waals surface area contributed by atoms with Gasteiger partial charge in [-0.05, 0) is 49.1 Å². The summed E-state index contributed by atoms with van der Waals surface area (Å²) in [5, 5.41) is 13.8. The third-order valence-electron chi connectivity index (χ3n) is 4.27. The van der Waals surface area contributed by atoms with E-state index >= 15 is 0 Å². The molecule has 0 bridgehead atoms. The van der Waals surface area contributed by atoms with Crippen molar-refractivity contribution < 1.29 is 19.2 Å². The molecular formula is C21H26N2O5. The first-order valence-electron chi connectivity index (χ1n) is 8.87. The highest BCUT2D eigenvalue weighted by Gasteiger charge is 2.31. The third-order valence-corrected chi connectivity index (χ3v) is 4.27. The van der Waals surface area contributed by atoms with E-state index in [0.29, 0.717) is 5.75 Å². The van der Waals surface area contributed by atoms with E-state index in [9.17, 15) is 14.9 Å². The number of nitro groups is 1. The van der Waals surface area contributed by atoms with Gasteiger partial charge in [0, 0.05) is 11.8 Å². The molecule has 0 aliphatic carbocycles. The van der Waals surface area contributed by atoms with Crippen LogP contribution >= 0.6 is 0 Å². The highest BCUT2D eigenvalue weighted by atomic mass is 16.6. The minimum Gasteiger partial charge on any atom is -0.490 e. The molecule has 0 saturated heterocycles. The van der Waals surface area contributed by atoms with Gasteiger partial charge in [0.2, 0.25) is 0 Å². The number of hydrogen-bond acceptors (Lipinski definition) is 5. The van der Waals surface area contributed by atoms with Gasteiger partial charge < -0.3 is 14.8 Å². The van der Waals surface area contributed by atoms with Crippen molar-refractivity contribution in [1.29, 1.82) is 0 Å². The standard InChI is InChI=1S/C21H26N2O5/c1-20(2,3)14-7-10-16(11-8-14)28-21(4,5)19(24)22-15-9-12-18(27-6)17(13-15)23(25)26/h7-13H,1-6H3,(H,22,24). The van der Waals surface area contributed by atoms with Crippen LogP contribution in [-0.4, -0.2) is 23.5 Å². The predicted octanol–water partition coefficient (Wildman–Crippen LogP) is 4.70. The topological polar surface area (TPSA) is 90.7 Å². The molecule has 2 aromatic carbocycles. The molecule has 0 aromatic heterocycles. The molecule has 0 aliphatic heterocycles. The van der Waals surface area contributed by atoms with E-state index in [4.69, 9.17) is 9.47 Å². The van der Waals surface area contributed by atoms with Gasteiger partial charge in [-0.1, -0.05) is 32.9 Å². The fraction of sp³-hybridized carbons (Fsp3) is 0.381. The number of anilines is 1. The lowest BCUT2D eigenvalue weighted by atomic mass is 9.87. The van der Waals surface area contributed by atoms with E-state index in [0.717, 1.165) is 5.56 Å². The molecule has 7 nitrogen and oxygen atoms in total. The normalized spacial score (nSPS) is 11.6. The van der Waals surface area contributed by atoms with Crippen LogP contribution in [0.5, 0.6) is 11.5 Å². The molecule has 0 unspecified atom stereocenters. The number of nitrogens with one attached hydrogen (secondary N) is 1. The van der Waals surface area contributed by atoms with Gasteiger partial charge in [0.15, 0.2) is 11.4 Å². The lowest BCUT2D eigenvalue weighted by Crippen LogP contribution is -2.42. The second-order valence-corrected chi connectivity index (χ2v) is 7.98. The first kappa shape index (κ1) is 21.2. The molecule has 0 atom stereocenters. The van der Waals surface area contributed by atoms with E-state index in [-0.39, 0.29) is 22.5 Å². The third kappa shape index (κ3) is 5.00. The van der Waals surface area contributed by atoms with Crippen molar-refractivity contribution >= 4 is 17.3 Å². The summed E-state index contributed by atoms with van der Waals surface area (Å²) in [6.45, 7) is 9.63. The van der Waals surface area contributed by atoms with Gasteiger partial charge in [0.1, 0.15) is 5.75 Å². The van der Waals surface area contributed by atoms with Gasteiger partial charge in [0.05, 0.1) is 12.0 Å². The molecule has 0 saturated carbocycles. The summed E-state index contributed by atoms with van der Waals surface area (Å²) in [5.41, 5.74) is 0.0635. The Morgan fingerprint density at radius 2 is 1.64 bits per heavy atom. The van der Waals surface area contributed by atoms with Gasteiger partial charge >= 0.3 is 5.69 Å². The van der Waals surface area contributed by atoms with Crippen molar-refractivity contribution in [3.63, 3.8) is 0 Å². The molecule has 0 spiro atoms. The highest BCUT2D eigenvalue weighted by molar-refractivity contribution is 5.97. The largest absolute Gasteiger partial charge is 0.490 e. The van der Waals surface area contributed by atoms with Crippen LogP contribution in [0, 0.1) is 10.1 Å². The Balaban J connectivity index is 2.14. The first-order chi connectivity index (χ1) is 12.9. The number of hydrogen-bond donors (Lipinski definition) is 1. The number of benzene rings is 2. The Hall–Kier alpha value is -3.09. The Labute approximate surface area is 164 Å². The number of nitro benzene ring substituents is 1. The van der Waals surface area contributed by atoms with Crippen LogP contribution in [0.15, 0.2) is 42.5 Å². The van der Waals surface area contributed by atoms with Gasteiger partial charge in [-0.3, -0.25) is 14.9 Å². The molecule has 7 heteroatoms. The van der Waals surface area contributed by atoms with Gasteiger partial charge in [0.25, 0.3) is 5.91 Å². The maximum Gasteiger partial charge on any atom is 0.312 e. The summed E-state index contributed by atoms with van der Waals surface area (Å²) >= 11 is 0. The maximum absolute atomic E-state index is 12.7.